The SMILES string of the molecule is Nc1c2ccccc2cc[n+]1N.[O-][Cl+3]([O-])([O-])[O-]. The van der Waals surface area contributed by atoms with Crippen molar-refractivity contribution in [2.24, 2.45) is 0 Å². The maximum absolute atomic E-state index is 8.49. The van der Waals surface area contributed by atoms with Crippen LogP contribution in [0.3, 0.4) is 0 Å². The summed E-state index contributed by atoms with van der Waals surface area (Å²) in [5.41, 5.74) is 5.76. The largest absolute Gasteiger partial charge is 0.303 e. The van der Waals surface area contributed by atoms with Crippen LogP contribution in [-0.4, -0.2) is 0 Å². The third kappa shape index (κ3) is 4.39. The molecule has 0 atom stereocenters. The molecule has 2 aromatic rings. The van der Waals surface area contributed by atoms with E-state index in [-0.39, 0.29) is 0 Å². The van der Waals surface area contributed by atoms with E-state index in [1.807, 2.05) is 30.3 Å². The van der Waals surface area contributed by atoms with Crippen molar-refractivity contribution < 1.29 is 33.6 Å². The van der Waals surface area contributed by atoms with Crippen molar-refractivity contribution in [2.75, 3.05) is 11.6 Å². The molecule has 7 nitrogen and oxygen atoms in total. The monoisotopic (exact) mass is 259 g/mol. The number of nitrogens with zero attached hydrogens (tertiary/aromatic N) is 1. The van der Waals surface area contributed by atoms with Gasteiger partial charge < -0.3 is 0 Å². The smallest absolute Gasteiger partial charge is 0.285 e. The van der Waals surface area contributed by atoms with Crippen molar-refractivity contribution in [3.8, 4) is 0 Å². The summed E-state index contributed by atoms with van der Waals surface area (Å²) >= 11 is 0. The topological polar surface area (TPSA) is 148 Å². The summed E-state index contributed by atoms with van der Waals surface area (Å²) in [4.78, 5) is 0. The maximum atomic E-state index is 8.49. The van der Waals surface area contributed by atoms with E-state index < -0.39 is 10.2 Å². The summed E-state index contributed by atoms with van der Waals surface area (Å²) < 4.78 is 35.4. The fourth-order valence-electron chi connectivity index (χ4n) is 1.26. The zero-order chi connectivity index (χ0) is 13.1. The molecule has 1 aromatic carbocycles. The quantitative estimate of drug-likeness (QED) is 0.361. The van der Waals surface area contributed by atoms with Gasteiger partial charge in [0.2, 0.25) is 0 Å². The van der Waals surface area contributed by atoms with Gasteiger partial charge in [-0.25, -0.2) is 18.6 Å². The molecule has 0 saturated heterocycles. The fourth-order valence-corrected chi connectivity index (χ4v) is 1.26. The molecule has 0 bridgehead atoms. The van der Waals surface area contributed by atoms with E-state index in [9.17, 15) is 0 Å². The predicted octanol–water partition coefficient (Wildman–Crippen LogP) is -4.33. The lowest BCUT2D eigenvalue weighted by Crippen LogP contribution is -2.68. The number of hydrogen-bond donors (Lipinski definition) is 2. The lowest BCUT2D eigenvalue weighted by Gasteiger charge is -2.17. The van der Waals surface area contributed by atoms with Crippen LogP contribution in [-0.2, 0) is 0 Å². The first-order chi connectivity index (χ1) is 7.79. The Morgan fingerprint density at radius 3 is 2.12 bits per heavy atom. The molecular formula is C9H10ClN3O4. The van der Waals surface area contributed by atoms with Gasteiger partial charge in [0, 0.05) is 0 Å². The van der Waals surface area contributed by atoms with Crippen LogP contribution in [0.4, 0.5) is 5.82 Å². The lowest BCUT2D eigenvalue weighted by molar-refractivity contribution is -2.00. The number of pyridine rings is 1. The number of hydrogen-bond acceptors (Lipinski definition) is 6. The third-order valence-electron chi connectivity index (χ3n) is 1.93. The molecule has 0 aliphatic heterocycles. The molecule has 0 unspecified atom stereocenters. The molecule has 0 spiro atoms. The molecule has 0 amide bonds. The van der Waals surface area contributed by atoms with E-state index >= 15 is 0 Å². The summed E-state index contributed by atoms with van der Waals surface area (Å²) in [5.74, 6) is 6.17. The van der Waals surface area contributed by atoms with Crippen LogP contribution in [0.5, 0.6) is 0 Å². The molecule has 92 valence electrons. The standard InChI is InChI=1S/C9H9N3.ClHO4/c10-9-8-4-2-1-3-7(8)5-6-12(9)11;2-1(3,4)5/h1-6,10H,11H2;(H,2,3,4,5). The summed E-state index contributed by atoms with van der Waals surface area (Å²) in [6.07, 6.45) is 1.75. The van der Waals surface area contributed by atoms with Crippen LogP contribution in [0.25, 0.3) is 10.8 Å². The highest BCUT2D eigenvalue weighted by Gasteiger charge is 2.05. The van der Waals surface area contributed by atoms with Crippen molar-refractivity contribution in [3.63, 3.8) is 0 Å². The molecule has 0 saturated carbocycles. The van der Waals surface area contributed by atoms with Crippen molar-refractivity contribution in [1.29, 1.82) is 0 Å². The average Bonchev–Trinajstić information content (AvgIpc) is 2.22. The molecule has 1 aromatic heterocycles. The van der Waals surface area contributed by atoms with E-state index in [2.05, 4.69) is 0 Å². The summed E-state index contributed by atoms with van der Waals surface area (Å²) in [6, 6.07) is 9.81. The van der Waals surface area contributed by atoms with Crippen molar-refractivity contribution in [1.82, 2.24) is 0 Å². The number of rotatable bonds is 0. The summed E-state index contributed by atoms with van der Waals surface area (Å²) in [5, 5.41) is 2.10. The van der Waals surface area contributed by atoms with E-state index in [0.29, 0.717) is 5.82 Å². The van der Waals surface area contributed by atoms with Crippen molar-refractivity contribution >= 4 is 16.6 Å². The molecule has 2 rings (SSSR count). The highest BCUT2D eigenvalue weighted by Crippen LogP contribution is 2.15. The summed E-state index contributed by atoms with van der Waals surface area (Å²) in [7, 11) is -4.94. The number of fused-ring (bicyclic) bond motifs is 1. The molecule has 0 aliphatic rings. The Labute approximate surface area is 98.8 Å². The van der Waals surface area contributed by atoms with Crippen LogP contribution < -0.4 is 34.9 Å². The molecule has 4 N–H and O–H groups in total. The van der Waals surface area contributed by atoms with Gasteiger partial charge in [0.25, 0.3) is 0 Å². The Kier molecular flexibility index (Phi) is 4.05. The van der Waals surface area contributed by atoms with Gasteiger partial charge in [0.05, 0.1) is 5.39 Å². The van der Waals surface area contributed by atoms with Crippen LogP contribution in [0.2, 0.25) is 0 Å². The second-order valence-electron chi connectivity index (χ2n) is 3.07. The van der Waals surface area contributed by atoms with Gasteiger partial charge in [-0.2, -0.15) is 0 Å². The zero-order valence-corrected chi connectivity index (χ0v) is 9.33. The number of halogens is 1. The Balaban J connectivity index is 0.000000249. The van der Waals surface area contributed by atoms with E-state index in [4.69, 9.17) is 30.2 Å². The molecule has 17 heavy (non-hydrogen) atoms. The predicted molar refractivity (Wildman–Crippen MR) is 48.7 cm³/mol. The molecule has 0 aliphatic carbocycles. The molecule has 0 fully saturated rings. The highest BCUT2D eigenvalue weighted by molar-refractivity contribution is 5.89. The Hall–Kier alpha value is -1.64. The first kappa shape index (κ1) is 13.4. The zero-order valence-electron chi connectivity index (χ0n) is 8.58. The molecular weight excluding hydrogens is 250 g/mol. The van der Waals surface area contributed by atoms with Gasteiger partial charge >= 0.3 is 5.82 Å². The van der Waals surface area contributed by atoms with E-state index in [0.717, 1.165) is 10.8 Å². The Bertz CT molecular complexity index is 509. The first-order valence-electron chi connectivity index (χ1n) is 4.35. The van der Waals surface area contributed by atoms with Crippen LogP contribution >= 0.6 is 0 Å². The Morgan fingerprint density at radius 2 is 1.53 bits per heavy atom. The summed E-state index contributed by atoms with van der Waals surface area (Å²) in [6.45, 7) is 0. The first-order valence-corrected chi connectivity index (χ1v) is 5.58. The van der Waals surface area contributed by atoms with Crippen LogP contribution in [0, 0.1) is 10.2 Å². The number of anilines is 1. The normalized spacial score (nSPS) is 10.8. The average molecular weight is 260 g/mol. The van der Waals surface area contributed by atoms with Crippen molar-refractivity contribution in [2.45, 2.75) is 0 Å². The fraction of sp³-hybridized carbons (Fsp3) is 0. The Morgan fingerprint density at radius 1 is 1.00 bits per heavy atom. The second-order valence-corrected chi connectivity index (χ2v) is 3.83. The number of benzene rings is 1. The van der Waals surface area contributed by atoms with Gasteiger partial charge in [-0.1, -0.05) is 18.2 Å². The minimum absolute atomic E-state index is 0.591. The van der Waals surface area contributed by atoms with Gasteiger partial charge in [0.1, 0.15) is 6.20 Å². The third-order valence-corrected chi connectivity index (χ3v) is 1.93. The van der Waals surface area contributed by atoms with E-state index in [1.165, 1.54) is 4.68 Å². The molecule has 0 radical (unpaired) electrons. The molecule has 8 heteroatoms. The molecule has 1 heterocycles. The highest BCUT2D eigenvalue weighted by atomic mass is 35.7. The van der Waals surface area contributed by atoms with Crippen molar-refractivity contribution in [3.05, 3.63) is 36.5 Å². The second kappa shape index (κ2) is 5.13. The lowest BCUT2D eigenvalue weighted by atomic mass is 10.2. The van der Waals surface area contributed by atoms with Gasteiger partial charge in [-0.15, -0.1) is 14.9 Å². The van der Waals surface area contributed by atoms with Gasteiger partial charge in [0.15, 0.2) is 0 Å². The number of nitrogen functional groups attached to an aromatic ring is 2. The minimum atomic E-state index is -4.94. The van der Waals surface area contributed by atoms with Gasteiger partial charge in [-0.05, 0) is 17.5 Å². The van der Waals surface area contributed by atoms with Gasteiger partial charge in [-0.3, -0.25) is 11.6 Å². The van der Waals surface area contributed by atoms with Crippen LogP contribution in [0.15, 0.2) is 36.5 Å². The number of aromatic nitrogens is 1. The number of nitrogens with two attached hydrogens (primary N) is 2. The van der Waals surface area contributed by atoms with E-state index in [1.54, 1.807) is 6.20 Å². The minimum Gasteiger partial charge on any atom is -0.285 e. The maximum Gasteiger partial charge on any atom is 0.303 e. The van der Waals surface area contributed by atoms with Crippen LogP contribution in [0.1, 0.15) is 0 Å².